The quantitative estimate of drug-likeness (QED) is 0.559. The van der Waals surface area contributed by atoms with Crippen molar-refractivity contribution in [3.05, 3.63) is 0 Å². The van der Waals surface area contributed by atoms with Crippen molar-refractivity contribution in [3.8, 4) is 0 Å². The Morgan fingerprint density at radius 1 is 1.18 bits per heavy atom. The molecule has 0 rings (SSSR count). The third-order valence-corrected chi connectivity index (χ3v) is 3.34. The van der Waals surface area contributed by atoms with Gasteiger partial charge in [0.15, 0.2) is 0 Å². The first kappa shape index (κ1) is 16.6. The molecule has 0 heterocycles. The van der Waals surface area contributed by atoms with Crippen molar-refractivity contribution in [2.24, 2.45) is 0 Å². The second kappa shape index (κ2) is 10.7. The van der Waals surface area contributed by atoms with Gasteiger partial charge in [-0.3, -0.25) is 9.69 Å². The molecule has 0 aromatic rings. The van der Waals surface area contributed by atoms with Gasteiger partial charge < -0.3 is 4.74 Å². The summed E-state index contributed by atoms with van der Waals surface area (Å²) in [4.78, 5) is 13.7. The molecular formula is C14H29NO2. The van der Waals surface area contributed by atoms with Crippen molar-refractivity contribution in [1.29, 1.82) is 0 Å². The highest BCUT2D eigenvalue weighted by Crippen LogP contribution is 2.10. The van der Waals surface area contributed by atoms with E-state index in [1.807, 2.05) is 6.92 Å². The molecule has 3 nitrogen and oxygen atoms in total. The van der Waals surface area contributed by atoms with Crippen LogP contribution in [0.3, 0.4) is 0 Å². The van der Waals surface area contributed by atoms with Gasteiger partial charge in [0.05, 0.1) is 6.61 Å². The van der Waals surface area contributed by atoms with Gasteiger partial charge in [0.1, 0.15) is 5.78 Å². The average Bonchev–Trinajstić information content (AvgIpc) is 2.36. The fourth-order valence-electron chi connectivity index (χ4n) is 2.15. The predicted molar refractivity (Wildman–Crippen MR) is 72.4 cm³/mol. The summed E-state index contributed by atoms with van der Waals surface area (Å²) in [5.74, 6) is 0.376. The largest absolute Gasteiger partial charge is 0.383 e. The summed E-state index contributed by atoms with van der Waals surface area (Å²) >= 11 is 0. The first-order valence-electron chi connectivity index (χ1n) is 6.94. The van der Waals surface area contributed by atoms with E-state index in [1.54, 1.807) is 7.11 Å². The Morgan fingerprint density at radius 2 is 1.82 bits per heavy atom. The highest BCUT2D eigenvalue weighted by molar-refractivity contribution is 5.77. The van der Waals surface area contributed by atoms with Crippen LogP contribution in [0.5, 0.6) is 0 Å². The molecule has 0 aromatic heterocycles. The van der Waals surface area contributed by atoms with Crippen LogP contribution in [0.4, 0.5) is 0 Å². The highest BCUT2D eigenvalue weighted by atomic mass is 16.5. The minimum atomic E-state index is 0.376. The third kappa shape index (κ3) is 7.50. The molecule has 0 fully saturated rings. The normalized spacial score (nSPS) is 11.4. The zero-order chi connectivity index (χ0) is 13.1. The van der Waals surface area contributed by atoms with Crippen LogP contribution in [-0.2, 0) is 9.53 Å². The number of carbonyl (C=O) groups excluding carboxylic acids is 1. The van der Waals surface area contributed by atoms with Gasteiger partial charge in [0, 0.05) is 32.5 Å². The maximum atomic E-state index is 11.3. The zero-order valence-corrected chi connectivity index (χ0v) is 12.0. The summed E-state index contributed by atoms with van der Waals surface area (Å²) in [6.07, 6.45) is 4.71. The van der Waals surface area contributed by atoms with Gasteiger partial charge in [-0.25, -0.2) is 0 Å². The molecule has 0 aliphatic carbocycles. The molecule has 0 aliphatic heterocycles. The lowest BCUT2D eigenvalue weighted by Crippen LogP contribution is -2.37. The van der Waals surface area contributed by atoms with Gasteiger partial charge in [-0.05, 0) is 25.8 Å². The SMILES string of the molecule is CCC(=O)CCCN(CCOC)C(CC)CC. The molecule has 0 radical (unpaired) electrons. The van der Waals surface area contributed by atoms with E-state index >= 15 is 0 Å². The van der Waals surface area contributed by atoms with E-state index in [1.165, 1.54) is 12.8 Å². The van der Waals surface area contributed by atoms with Crippen molar-refractivity contribution >= 4 is 5.78 Å². The zero-order valence-electron chi connectivity index (χ0n) is 12.0. The smallest absolute Gasteiger partial charge is 0.132 e. The van der Waals surface area contributed by atoms with Crippen molar-refractivity contribution in [3.63, 3.8) is 0 Å². The summed E-state index contributed by atoms with van der Waals surface area (Å²) in [6, 6.07) is 0.627. The lowest BCUT2D eigenvalue weighted by atomic mass is 10.1. The minimum absolute atomic E-state index is 0.376. The number of ketones is 1. The molecule has 0 amide bonds. The van der Waals surface area contributed by atoms with Crippen LogP contribution in [0.2, 0.25) is 0 Å². The third-order valence-electron chi connectivity index (χ3n) is 3.34. The predicted octanol–water partition coefficient (Wildman–Crippen LogP) is 2.88. The van der Waals surface area contributed by atoms with Gasteiger partial charge in [-0.2, -0.15) is 0 Å². The highest BCUT2D eigenvalue weighted by Gasteiger charge is 2.14. The first-order valence-corrected chi connectivity index (χ1v) is 6.94. The summed E-state index contributed by atoms with van der Waals surface area (Å²) < 4.78 is 5.15. The topological polar surface area (TPSA) is 29.5 Å². The van der Waals surface area contributed by atoms with Gasteiger partial charge >= 0.3 is 0 Å². The summed E-state index contributed by atoms with van der Waals surface area (Å²) in [5, 5.41) is 0. The van der Waals surface area contributed by atoms with Crippen LogP contribution in [-0.4, -0.2) is 43.5 Å². The maximum absolute atomic E-state index is 11.3. The molecule has 0 atom stereocenters. The summed E-state index contributed by atoms with van der Waals surface area (Å²) in [5.41, 5.74) is 0. The second-order valence-corrected chi connectivity index (χ2v) is 4.49. The molecular weight excluding hydrogens is 214 g/mol. The van der Waals surface area contributed by atoms with Crippen LogP contribution in [0.15, 0.2) is 0 Å². The molecule has 0 saturated heterocycles. The number of nitrogens with zero attached hydrogens (tertiary/aromatic N) is 1. The molecule has 0 aliphatic rings. The van der Waals surface area contributed by atoms with Gasteiger partial charge in [0.25, 0.3) is 0 Å². The van der Waals surface area contributed by atoms with Crippen LogP contribution >= 0.6 is 0 Å². The molecule has 3 heteroatoms. The van der Waals surface area contributed by atoms with Crippen molar-refractivity contribution in [2.45, 2.75) is 58.9 Å². The van der Waals surface area contributed by atoms with E-state index in [4.69, 9.17) is 4.74 Å². The Bertz CT molecular complexity index is 191. The molecule has 0 saturated carbocycles. The summed E-state index contributed by atoms with van der Waals surface area (Å²) in [6.45, 7) is 9.16. The summed E-state index contributed by atoms with van der Waals surface area (Å²) in [7, 11) is 1.74. The standard InChI is InChI=1S/C14H29NO2/c1-5-13(6-2)15(11-12-17-4)10-8-9-14(16)7-3/h13H,5-12H2,1-4H3. The van der Waals surface area contributed by atoms with Crippen molar-refractivity contribution < 1.29 is 9.53 Å². The van der Waals surface area contributed by atoms with E-state index in [0.29, 0.717) is 18.2 Å². The number of hydrogen-bond donors (Lipinski definition) is 0. The van der Waals surface area contributed by atoms with Crippen LogP contribution in [0.1, 0.15) is 52.9 Å². The number of carbonyl (C=O) groups is 1. The molecule has 0 N–H and O–H groups in total. The Hall–Kier alpha value is -0.410. The number of hydrogen-bond acceptors (Lipinski definition) is 3. The fraction of sp³-hybridized carbons (Fsp3) is 0.929. The Kier molecular flexibility index (Phi) is 10.5. The van der Waals surface area contributed by atoms with Crippen molar-refractivity contribution in [2.75, 3.05) is 26.8 Å². The van der Waals surface area contributed by atoms with E-state index in [9.17, 15) is 4.79 Å². The van der Waals surface area contributed by atoms with Crippen LogP contribution in [0.25, 0.3) is 0 Å². The molecule has 0 spiro atoms. The molecule has 17 heavy (non-hydrogen) atoms. The minimum Gasteiger partial charge on any atom is -0.383 e. The van der Waals surface area contributed by atoms with E-state index in [2.05, 4.69) is 18.7 Å². The molecule has 0 aromatic carbocycles. The number of ether oxygens (including phenoxy) is 1. The maximum Gasteiger partial charge on any atom is 0.132 e. The fourth-order valence-corrected chi connectivity index (χ4v) is 2.15. The number of rotatable bonds is 11. The number of Topliss-reactive ketones (excluding diaryl/α,β-unsaturated/α-hetero) is 1. The lowest BCUT2D eigenvalue weighted by molar-refractivity contribution is -0.118. The van der Waals surface area contributed by atoms with Gasteiger partial charge in [-0.1, -0.05) is 20.8 Å². The molecule has 0 bridgehead atoms. The van der Waals surface area contributed by atoms with E-state index in [0.717, 1.165) is 32.5 Å². The molecule has 0 unspecified atom stereocenters. The van der Waals surface area contributed by atoms with Crippen LogP contribution < -0.4 is 0 Å². The Morgan fingerprint density at radius 3 is 2.29 bits per heavy atom. The first-order chi connectivity index (χ1) is 8.19. The second-order valence-electron chi connectivity index (χ2n) is 4.49. The van der Waals surface area contributed by atoms with Crippen LogP contribution in [0, 0.1) is 0 Å². The van der Waals surface area contributed by atoms with Crippen molar-refractivity contribution in [1.82, 2.24) is 4.90 Å². The Labute approximate surface area is 107 Å². The average molecular weight is 243 g/mol. The lowest BCUT2D eigenvalue weighted by Gasteiger charge is -2.30. The van der Waals surface area contributed by atoms with Gasteiger partial charge in [0.2, 0.25) is 0 Å². The van der Waals surface area contributed by atoms with E-state index < -0.39 is 0 Å². The number of methoxy groups -OCH3 is 1. The molecule has 102 valence electrons. The van der Waals surface area contributed by atoms with E-state index in [-0.39, 0.29) is 0 Å². The monoisotopic (exact) mass is 243 g/mol. The van der Waals surface area contributed by atoms with Gasteiger partial charge in [-0.15, -0.1) is 0 Å². The Balaban J connectivity index is 4.04.